The first-order valence-corrected chi connectivity index (χ1v) is 13.2. The highest BCUT2D eigenvalue weighted by Crippen LogP contribution is 2.30. The maximum Gasteiger partial charge on any atom is 0.164 e. The fourth-order valence-electron chi connectivity index (χ4n) is 4.87. The Bertz CT molecular complexity index is 1860. The van der Waals surface area contributed by atoms with Crippen molar-refractivity contribution >= 4 is 10.8 Å². The average molecular weight is 513 g/mol. The molecule has 2 heterocycles. The Labute approximate surface area is 232 Å². The summed E-state index contributed by atoms with van der Waals surface area (Å²) in [5.41, 5.74) is 7.23. The second kappa shape index (κ2) is 10.4. The molecule has 0 aliphatic carbocycles. The van der Waals surface area contributed by atoms with Gasteiger partial charge in [-0.15, -0.1) is 0 Å². The minimum absolute atomic E-state index is 0.651. The zero-order valence-corrected chi connectivity index (χ0v) is 21.6. The summed E-state index contributed by atoms with van der Waals surface area (Å²) in [6.45, 7) is 0. The Morgan fingerprint density at radius 3 is 1.38 bits per heavy atom. The zero-order chi connectivity index (χ0) is 26.7. The third-order valence-corrected chi connectivity index (χ3v) is 6.98. The van der Waals surface area contributed by atoms with Gasteiger partial charge in [0.05, 0.1) is 5.69 Å². The largest absolute Gasteiger partial charge is 0.256 e. The fourth-order valence-corrected chi connectivity index (χ4v) is 4.87. The molecule has 7 rings (SSSR count). The monoisotopic (exact) mass is 512 g/mol. The zero-order valence-electron chi connectivity index (χ0n) is 21.6. The first-order valence-electron chi connectivity index (χ1n) is 13.2. The number of nitrogens with zero attached hydrogens (tertiary/aromatic N) is 4. The van der Waals surface area contributed by atoms with Crippen LogP contribution in [-0.4, -0.2) is 19.9 Å². The molecule has 7 aromatic rings. The molecule has 2 aromatic heterocycles. The Hall–Kier alpha value is -5.48. The van der Waals surface area contributed by atoms with E-state index in [1.165, 1.54) is 10.8 Å². The molecule has 40 heavy (non-hydrogen) atoms. The average Bonchev–Trinajstić information content (AvgIpc) is 3.05. The molecule has 0 radical (unpaired) electrons. The lowest BCUT2D eigenvalue weighted by Gasteiger charge is -2.10. The third kappa shape index (κ3) is 4.74. The van der Waals surface area contributed by atoms with Gasteiger partial charge in [0.2, 0.25) is 0 Å². The van der Waals surface area contributed by atoms with Gasteiger partial charge in [-0.3, -0.25) is 4.98 Å². The summed E-state index contributed by atoms with van der Waals surface area (Å²) < 4.78 is 0. The van der Waals surface area contributed by atoms with E-state index >= 15 is 0 Å². The number of pyridine rings is 1. The van der Waals surface area contributed by atoms with E-state index in [2.05, 4.69) is 65.6 Å². The van der Waals surface area contributed by atoms with E-state index in [1.54, 1.807) is 0 Å². The number of benzene rings is 5. The molecule has 0 fully saturated rings. The molecule has 0 atom stereocenters. The molecule has 0 spiro atoms. The summed E-state index contributed by atoms with van der Waals surface area (Å²) in [5.74, 6) is 1.97. The van der Waals surface area contributed by atoms with Crippen molar-refractivity contribution in [1.29, 1.82) is 0 Å². The number of hydrogen-bond donors (Lipinski definition) is 0. The summed E-state index contributed by atoms with van der Waals surface area (Å²) in [7, 11) is 0. The predicted octanol–water partition coefficient (Wildman–Crippen LogP) is 8.75. The highest BCUT2D eigenvalue weighted by atomic mass is 15.0. The van der Waals surface area contributed by atoms with Crippen LogP contribution in [0, 0.1) is 0 Å². The standard InChI is InChI=1S/C36H24N4/c1-3-9-27(10-4-1)34-38-35(28-11-5-2-6-12-28)40-36(39-34)29-18-14-25(15-19-29)30-20-16-26-17-21-31(24-32(26)23-30)33-13-7-8-22-37-33/h1-24H. The first kappa shape index (κ1) is 23.6. The van der Waals surface area contributed by atoms with Crippen LogP contribution < -0.4 is 0 Å². The van der Waals surface area contributed by atoms with Gasteiger partial charge in [-0.25, -0.2) is 15.0 Å². The van der Waals surface area contributed by atoms with Crippen molar-refractivity contribution in [2.75, 3.05) is 0 Å². The van der Waals surface area contributed by atoms with Gasteiger partial charge in [0.15, 0.2) is 17.5 Å². The quantitative estimate of drug-likeness (QED) is 0.231. The Morgan fingerprint density at radius 2 is 0.800 bits per heavy atom. The fraction of sp³-hybridized carbons (Fsp3) is 0. The van der Waals surface area contributed by atoms with E-state index in [0.717, 1.165) is 39.1 Å². The van der Waals surface area contributed by atoms with Crippen LogP contribution in [0.2, 0.25) is 0 Å². The molecule has 0 aliphatic rings. The molecular weight excluding hydrogens is 488 g/mol. The molecular formula is C36H24N4. The van der Waals surface area contributed by atoms with Crippen molar-refractivity contribution in [2.24, 2.45) is 0 Å². The second-order valence-corrected chi connectivity index (χ2v) is 9.61. The molecule has 0 bridgehead atoms. The second-order valence-electron chi connectivity index (χ2n) is 9.61. The summed E-state index contributed by atoms with van der Waals surface area (Å²) in [6, 6.07) is 47.6. The number of rotatable bonds is 5. The van der Waals surface area contributed by atoms with Crippen LogP contribution in [0.5, 0.6) is 0 Å². The van der Waals surface area contributed by atoms with Crippen LogP contribution in [0.1, 0.15) is 0 Å². The van der Waals surface area contributed by atoms with Crippen LogP contribution in [-0.2, 0) is 0 Å². The lowest BCUT2D eigenvalue weighted by molar-refractivity contribution is 1.07. The van der Waals surface area contributed by atoms with E-state index in [9.17, 15) is 0 Å². The molecule has 0 N–H and O–H groups in total. The van der Waals surface area contributed by atoms with Crippen molar-refractivity contribution < 1.29 is 0 Å². The van der Waals surface area contributed by atoms with Crippen LogP contribution in [0.25, 0.3) is 67.3 Å². The van der Waals surface area contributed by atoms with Crippen molar-refractivity contribution in [2.45, 2.75) is 0 Å². The van der Waals surface area contributed by atoms with Crippen LogP contribution >= 0.6 is 0 Å². The van der Waals surface area contributed by atoms with Gasteiger partial charge >= 0.3 is 0 Å². The van der Waals surface area contributed by atoms with E-state index in [4.69, 9.17) is 15.0 Å². The minimum atomic E-state index is 0.651. The maximum atomic E-state index is 4.85. The van der Waals surface area contributed by atoms with Crippen LogP contribution in [0.4, 0.5) is 0 Å². The van der Waals surface area contributed by atoms with Gasteiger partial charge in [-0.1, -0.05) is 115 Å². The Balaban J connectivity index is 1.26. The molecule has 188 valence electrons. The summed E-state index contributed by atoms with van der Waals surface area (Å²) in [6.07, 6.45) is 1.83. The summed E-state index contributed by atoms with van der Waals surface area (Å²) in [5, 5.41) is 2.38. The molecule has 0 amide bonds. The Kier molecular flexibility index (Phi) is 6.11. The van der Waals surface area contributed by atoms with Crippen molar-refractivity contribution in [3.8, 4) is 56.5 Å². The van der Waals surface area contributed by atoms with Gasteiger partial charge in [-0.2, -0.15) is 0 Å². The van der Waals surface area contributed by atoms with E-state index in [0.29, 0.717) is 17.5 Å². The van der Waals surface area contributed by atoms with E-state index in [-0.39, 0.29) is 0 Å². The summed E-state index contributed by atoms with van der Waals surface area (Å²) >= 11 is 0. The van der Waals surface area contributed by atoms with Crippen molar-refractivity contribution in [1.82, 2.24) is 19.9 Å². The van der Waals surface area contributed by atoms with Gasteiger partial charge < -0.3 is 0 Å². The summed E-state index contributed by atoms with van der Waals surface area (Å²) in [4.78, 5) is 19.0. The first-order chi connectivity index (χ1) is 19.8. The molecule has 4 heteroatoms. The molecule has 4 nitrogen and oxygen atoms in total. The molecule has 0 saturated carbocycles. The minimum Gasteiger partial charge on any atom is -0.256 e. The van der Waals surface area contributed by atoms with Gasteiger partial charge in [0, 0.05) is 28.5 Å². The normalized spacial score (nSPS) is 11.0. The molecule has 0 unspecified atom stereocenters. The number of hydrogen-bond acceptors (Lipinski definition) is 4. The predicted molar refractivity (Wildman–Crippen MR) is 162 cm³/mol. The molecule has 0 aliphatic heterocycles. The molecule has 5 aromatic carbocycles. The molecule has 0 saturated heterocycles. The van der Waals surface area contributed by atoms with E-state index in [1.807, 2.05) is 85.1 Å². The van der Waals surface area contributed by atoms with Gasteiger partial charge in [-0.05, 0) is 46.2 Å². The lowest BCUT2D eigenvalue weighted by atomic mass is 9.98. The van der Waals surface area contributed by atoms with E-state index < -0.39 is 0 Å². The smallest absolute Gasteiger partial charge is 0.164 e. The highest BCUT2D eigenvalue weighted by molar-refractivity contribution is 5.90. The van der Waals surface area contributed by atoms with Crippen molar-refractivity contribution in [3.05, 3.63) is 146 Å². The maximum absolute atomic E-state index is 4.85. The third-order valence-electron chi connectivity index (χ3n) is 6.98. The van der Waals surface area contributed by atoms with Crippen molar-refractivity contribution in [3.63, 3.8) is 0 Å². The number of aromatic nitrogens is 4. The van der Waals surface area contributed by atoms with Gasteiger partial charge in [0.25, 0.3) is 0 Å². The Morgan fingerprint density at radius 1 is 0.325 bits per heavy atom. The van der Waals surface area contributed by atoms with Gasteiger partial charge in [0.1, 0.15) is 0 Å². The SMILES string of the molecule is c1ccc(-c2nc(-c3ccccc3)nc(-c3ccc(-c4ccc5ccc(-c6ccccn6)cc5c4)cc3)n2)cc1. The lowest BCUT2D eigenvalue weighted by Crippen LogP contribution is -2.00. The highest BCUT2D eigenvalue weighted by Gasteiger charge is 2.12. The van der Waals surface area contributed by atoms with Crippen LogP contribution in [0.15, 0.2) is 146 Å². The number of fused-ring (bicyclic) bond motifs is 1. The topological polar surface area (TPSA) is 51.6 Å². The van der Waals surface area contributed by atoms with Crippen LogP contribution in [0.3, 0.4) is 0 Å².